The lowest BCUT2D eigenvalue weighted by atomic mass is 9.98. The van der Waals surface area contributed by atoms with Crippen molar-refractivity contribution in [1.29, 1.82) is 0 Å². The Morgan fingerprint density at radius 3 is 2.43 bits per heavy atom. The Labute approximate surface area is 136 Å². The van der Waals surface area contributed by atoms with Crippen LogP contribution in [0.4, 0.5) is 0 Å². The van der Waals surface area contributed by atoms with Crippen LogP contribution in [0.1, 0.15) is 31.2 Å². The van der Waals surface area contributed by atoms with E-state index >= 15 is 0 Å². The van der Waals surface area contributed by atoms with Gasteiger partial charge in [-0.1, -0.05) is 49.2 Å². The molecule has 2 aromatic rings. The highest BCUT2D eigenvalue weighted by atomic mass is 16.5. The van der Waals surface area contributed by atoms with Gasteiger partial charge in [0.1, 0.15) is 11.5 Å². The zero-order valence-corrected chi connectivity index (χ0v) is 13.1. The fraction of sp³-hybridized carbons (Fsp3) is 0.316. The van der Waals surface area contributed by atoms with Crippen LogP contribution in [-0.4, -0.2) is 11.4 Å². The van der Waals surface area contributed by atoms with Crippen molar-refractivity contribution in [1.82, 2.24) is 5.32 Å². The molecular formula is C19H22N2O2. The third kappa shape index (κ3) is 3.71. The SMILES string of the molecule is NC1(C(=O)NCc2ccccc2Oc2ccccc2)CCCC1. The first-order chi connectivity index (χ1) is 11.2. The molecular weight excluding hydrogens is 288 g/mol. The molecule has 1 aliphatic rings. The quantitative estimate of drug-likeness (QED) is 0.890. The molecule has 0 unspecified atom stereocenters. The van der Waals surface area contributed by atoms with Gasteiger partial charge in [0.15, 0.2) is 0 Å². The maximum Gasteiger partial charge on any atom is 0.240 e. The monoisotopic (exact) mass is 310 g/mol. The Kier molecular flexibility index (Phi) is 4.63. The highest BCUT2D eigenvalue weighted by Gasteiger charge is 2.36. The van der Waals surface area contributed by atoms with Crippen molar-refractivity contribution in [2.45, 2.75) is 37.8 Å². The van der Waals surface area contributed by atoms with Gasteiger partial charge in [-0.25, -0.2) is 0 Å². The normalized spacial score (nSPS) is 16.0. The van der Waals surface area contributed by atoms with Crippen molar-refractivity contribution >= 4 is 5.91 Å². The lowest BCUT2D eigenvalue weighted by Crippen LogP contribution is -2.51. The van der Waals surface area contributed by atoms with Crippen molar-refractivity contribution < 1.29 is 9.53 Å². The Morgan fingerprint density at radius 1 is 1.04 bits per heavy atom. The summed E-state index contributed by atoms with van der Waals surface area (Å²) in [4.78, 5) is 12.3. The molecule has 1 aliphatic carbocycles. The van der Waals surface area contributed by atoms with Gasteiger partial charge < -0.3 is 15.8 Å². The predicted molar refractivity (Wildman–Crippen MR) is 90.2 cm³/mol. The van der Waals surface area contributed by atoms with Gasteiger partial charge in [0.05, 0.1) is 5.54 Å². The van der Waals surface area contributed by atoms with E-state index in [1.165, 1.54) is 0 Å². The molecule has 3 rings (SSSR count). The molecule has 4 nitrogen and oxygen atoms in total. The van der Waals surface area contributed by atoms with Crippen molar-refractivity contribution in [2.75, 3.05) is 0 Å². The summed E-state index contributed by atoms with van der Waals surface area (Å²) in [6.07, 6.45) is 3.58. The van der Waals surface area contributed by atoms with Gasteiger partial charge in [-0.3, -0.25) is 4.79 Å². The molecule has 0 spiro atoms. The molecule has 2 aromatic carbocycles. The number of para-hydroxylation sites is 2. The number of carbonyl (C=O) groups is 1. The van der Waals surface area contributed by atoms with Crippen LogP contribution in [0.3, 0.4) is 0 Å². The van der Waals surface area contributed by atoms with Crippen LogP contribution >= 0.6 is 0 Å². The maximum absolute atomic E-state index is 12.3. The van der Waals surface area contributed by atoms with E-state index in [0.717, 1.165) is 42.7 Å². The van der Waals surface area contributed by atoms with Crippen LogP contribution in [0.2, 0.25) is 0 Å². The lowest BCUT2D eigenvalue weighted by molar-refractivity contribution is -0.126. The summed E-state index contributed by atoms with van der Waals surface area (Å²) in [6, 6.07) is 17.3. The highest BCUT2D eigenvalue weighted by molar-refractivity contribution is 5.86. The Balaban J connectivity index is 1.67. The van der Waals surface area contributed by atoms with Crippen LogP contribution in [0, 0.1) is 0 Å². The standard InChI is InChI=1S/C19H22N2O2/c20-19(12-6-7-13-19)18(22)21-14-15-8-4-5-11-17(15)23-16-9-2-1-3-10-16/h1-5,8-11H,6-7,12-14,20H2,(H,21,22). The number of ether oxygens (including phenoxy) is 1. The number of carbonyl (C=O) groups excluding carboxylic acids is 1. The topological polar surface area (TPSA) is 64.4 Å². The van der Waals surface area contributed by atoms with Gasteiger partial charge >= 0.3 is 0 Å². The van der Waals surface area contributed by atoms with E-state index in [9.17, 15) is 4.79 Å². The van der Waals surface area contributed by atoms with E-state index in [-0.39, 0.29) is 5.91 Å². The van der Waals surface area contributed by atoms with Gasteiger partial charge in [-0.05, 0) is 31.0 Å². The molecule has 4 heteroatoms. The molecule has 3 N–H and O–H groups in total. The Bertz CT molecular complexity index is 664. The molecule has 1 fully saturated rings. The molecule has 0 heterocycles. The van der Waals surface area contributed by atoms with Gasteiger partial charge in [-0.15, -0.1) is 0 Å². The second-order valence-corrected chi connectivity index (χ2v) is 6.07. The summed E-state index contributed by atoms with van der Waals surface area (Å²) in [7, 11) is 0. The number of hydrogen-bond donors (Lipinski definition) is 2. The van der Waals surface area contributed by atoms with Crippen LogP contribution in [-0.2, 0) is 11.3 Å². The van der Waals surface area contributed by atoms with Crippen LogP contribution in [0.25, 0.3) is 0 Å². The number of hydrogen-bond acceptors (Lipinski definition) is 3. The molecule has 23 heavy (non-hydrogen) atoms. The van der Waals surface area contributed by atoms with Gasteiger partial charge in [0.25, 0.3) is 0 Å². The third-order valence-corrected chi connectivity index (χ3v) is 4.33. The molecule has 0 atom stereocenters. The van der Waals surface area contributed by atoms with Crippen LogP contribution in [0.15, 0.2) is 54.6 Å². The molecule has 0 aliphatic heterocycles. The molecule has 0 bridgehead atoms. The molecule has 1 amide bonds. The number of nitrogens with one attached hydrogen (secondary N) is 1. The minimum Gasteiger partial charge on any atom is -0.457 e. The fourth-order valence-electron chi connectivity index (χ4n) is 2.95. The lowest BCUT2D eigenvalue weighted by Gasteiger charge is -2.22. The molecule has 0 radical (unpaired) electrons. The summed E-state index contributed by atoms with van der Waals surface area (Å²) < 4.78 is 5.91. The maximum atomic E-state index is 12.3. The van der Waals surface area contributed by atoms with Crippen molar-refractivity contribution in [3.8, 4) is 11.5 Å². The largest absolute Gasteiger partial charge is 0.457 e. The number of nitrogens with two attached hydrogens (primary N) is 1. The fourth-order valence-corrected chi connectivity index (χ4v) is 2.95. The van der Waals surface area contributed by atoms with E-state index in [2.05, 4.69) is 5.32 Å². The van der Waals surface area contributed by atoms with Gasteiger partial charge in [0.2, 0.25) is 5.91 Å². The van der Waals surface area contributed by atoms with E-state index in [1.54, 1.807) is 0 Å². The Hall–Kier alpha value is -2.33. The summed E-state index contributed by atoms with van der Waals surface area (Å²) in [6.45, 7) is 0.417. The summed E-state index contributed by atoms with van der Waals surface area (Å²) in [5, 5.41) is 2.96. The molecule has 0 saturated heterocycles. The number of benzene rings is 2. The second kappa shape index (κ2) is 6.84. The average molecular weight is 310 g/mol. The highest BCUT2D eigenvalue weighted by Crippen LogP contribution is 2.28. The number of rotatable bonds is 5. The zero-order valence-electron chi connectivity index (χ0n) is 13.1. The van der Waals surface area contributed by atoms with Gasteiger partial charge in [-0.2, -0.15) is 0 Å². The third-order valence-electron chi connectivity index (χ3n) is 4.33. The second-order valence-electron chi connectivity index (χ2n) is 6.07. The molecule has 1 saturated carbocycles. The van der Waals surface area contributed by atoms with Crippen LogP contribution < -0.4 is 15.8 Å². The van der Waals surface area contributed by atoms with Crippen molar-refractivity contribution in [3.05, 3.63) is 60.2 Å². The summed E-state index contributed by atoms with van der Waals surface area (Å²) in [5.74, 6) is 1.46. The predicted octanol–water partition coefficient (Wildman–Crippen LogP) is 3.37. The van der Waals surface area contributed by atoms with E-state index in [4.69, 9.17) is 10.5 Å². The average Bonchev–Trinajstić information content (AvgIpc) is 3.03. The van der Waals surface area contributed by atoms with E-state index in [0.29, 0.717) is 6.54 Å². The first-order valence-corrected chi connectivity index (χ1v) is 8.05. The van der Waals surface area contributed by atoms with Crippen LogP contribution in [0.5, 0.6) is 11.5 Å². The first-order valence-electron chi connectivity index (χ1n) is 8.05. The smallest absolute Gasteiger partial charge is 0.240 e. The van der Waals surface area contributed by atoms with E-state index in [1.807, 2.05) is 54.6 Å². The van der Waals surface area contributed by atoms with Crippen molar-refractivity contribution in [2.24, 2.45) is 5.73 Å². The first kappa shape index (κ1) is 15.6. The minimum absolute atomic E-state index is 0.0653. The minimum atomic E-state index is -0.699. The van der Waals surface area contributed by atoms with Gasteiger partial charge in [0, 0.05) is 12.1 Å². The summed E-state index contributed by atoms with van der Waals surface area (Å²) >= 11 is 0. The van der Waals surface area contributed by atoms with Crippen molar-refractivity contribution in [3.63, 3.8) is 0 Å². The molecule has 0 aromatic heterocycles. The van der Waals surface area contributed by atoms with E-state index < -0.39 is 5.54 Å². The summed E-state index contributed by atoms with van der Waals surface area (Å²) in [5.41, 5.74) is 6.42. The zero-order chi connectivity index (χ0) is 16.1. The number of amides is 1. The Morgan fingerprint density at radius 2 is 1.70 bits per heavy atom. The molecule has 120 valence electrons.